The van der Waals surface area contributed by atoms with Gasteiger partial charge in [-0.1, -0.05) is 44.5 Å². The number of thioether (sulfide) groups is 1. The number of aromatic amines is 1. The molecule has 0 radical (unpaired) electrons. The summed E-state index contributed by atoms with van der Waals surface area (Å²) < 4.78 is 42.0. The van der Waals surface area contributed by atoms with Crippen molar-refractivity contribution < 1.29 is 23.0 Å². The monoisotopic (exact) mass is 684 g/mol. The maximum absolute atomic E-state index is 15.5. The number of H-pyrrole nitrogens is 1. The molecule has 1 atom stereocenters. The van der Waals surface area contributed by atoms with E-state index in [9.17, 15) is 10.1 Å². The van der Waals surface area contributed by atoms with Crippen molar-refractivity contribution in [3.63, 3.8) is 0 Å². The van der Waals surface area contributed by atoms with Gasteiger partial charge < -0.3 is 20.2 Å². The van der Waals surface area contributed by atoms with Gasteiger partial charge in [-0.15, -0.1) is 0 Å². The summed E-state index contributed by atoms with van der Waals surface area (Å²) in [5, 5.41) is 11.0. The van der Waals surface area contributed by atoms with Crippen LogP contribution in [0, 0.1) is 28.4 Å². The van der Waals surface area contributed by atoms with Crippen LogP contribution in [0.4, 0.5) is 8.78 Å². The molecule has 4 aromatic rings. The minimum atomic E-state index is -0.650. The number of ether oxygens (including phenoxy) is 2. The van der Waals surface area contributed by atoms with Crippen molar-refractivity contribution in [2.75, 3.05) is 18.1 Å². The number of aromatic nitrogens is 1. The van der Waals surface area contributed by atoms with Crippen LogP contribution < -0.4 is 10.5 Å². The molecule has 2 heterocycles. The molecule has 1 aliphatic rings. The number of hydrogen-bond donors (Lipinski definition) is 2. The summed E-state index contributed by atoms with van der Waals surface area (Å²) in [6, 6.07) is 17.0. The van der Waals surface area contributed by atoms with E-state index >= 15 is 8.78 Å². The van der Waals surface area contributed by atoms with Gasteiger partial charge in [0.1, 0.15) is 17.6 Å². The van der Waals surface area contributed by atoms with E-state index in [0.29, 0.717) is 31.4 Å². The zero-order valence-electron chi connectivity index (χ0n) is 28.2. The summed E-state index contributed by atoms with van der Waals surface area (Å²) in [4.78, 5) is 19.9. The summed E-state index contributed by atoms with van der Waals surface area (Å²) in [7, 11) is 0. The zero-order chi connectivity index (χ0) is 35.0. The van der Waals surface area contributed by atoms with E-state index in [2.05, 4.69) is 24.9 Å². The largest absolute Gasteiger partial charge is 0.466 e. The minimum Gasteiger partial charge on any atom is -0.466 e. The highest BCUT2D eigenvalue weighted by atomic mass is 32.2. The van der Waals surface area contributed by atoms with Crippen LogP contribution in [0.3, 0.4) is 0 Å². The first-order valence-corrected chi connectivity index (χ1v) is 17.8. The third-order valence-corrected chi connectivity index (χ3v) is 10.2. The van der Waals surface area contributed by atoms with E-state index in [1.807, 2.05) is 42.1 Å². The van der Waals surface area contributed by atoms with Crippen LogP contribution in [0.25, 0.3) is 16.6 Å². The lowest BCUT2D eigenvalue weighted by atomic mass is 9.87. The number of carbonyl (C=O) groups is 1. The standard InChI is InChI=1S/C39H42F2N4O3S/c1-4-47-36(46)13-10-25-7-5-8-26(19-25)34-9-6-16-39(2,3)24-49-18-15-30-29-14-17-44-35(29)21-33(41)38(30)48-28-11-12-32(40)31(20-28)37(43)27(22-42)23-45-34/h5,7-8,11-12,14,17,19-21,23,34,44H,4,6,9-10,13,15-16,18,24,43H2,1-3H3/b37-27-,45-23?. The molecule has 3 aromatic carbocycles. The van der Waals surface area contributed by atoms with Crippen LogP contribution in [0.15, 0.2) is 71.4 Å². The highest BCUT2D eigenvalue weighted by Crippen LogP contribution is 2.38. The summed E-state index contributed by atoms with van der Waals surface area (Å²) >= 11 is 1.82. The average Bonchev–Trinajstić information content (AvgIpc) is 3.55. The lowest BCUT2D eigenvalue weighted by Crippen LogP contribution is -2.16. The van der Waals surface area contributed by atoms with Crippen LogP contribution in [-0.4, -0.2) is 35.3 Å². The van der Waals surface area contributed by atoms with Gasteiger partial charge in [-0.2, -0.15) is 17.0 Å². The van der Waals surface area contributed by atoms with Crippen molar-refractivity contribution in [2.24, 2.45) is 16.1 Å². The molecule has 0 spiro atoms. The predicted molar refractivity (Wildman–Crippen MR) is 193 cm³/mol. The Morgan fingerprint density at radius 1 is 1.18 bits per heavy atom. The number of nitrogens with one attached hydrogen (secondary N) is 1. The Kier molecular flexibility index (Phi) is 11.8. The number of aryl methyl sites for hydroxylation is 2. The van der Waals surface area contributed by atoms with E-state index in [1.54, 1.807) is 13.1 Å². The van der Waals surface area contributed by atoms with Gasteiger partial charge in [0.25, 0.3) is 0 Å². The first kappa shape index (κ1) is 35.7. The number of hydrogen-bond acceptors (Lipinski definition) is 7. The quantitative estimate of drug-likeness (QED) is 0.203. The number of allylic oxidation sites excluding steroid dienone is 1. The number of rotatable bonds is 5. The molecule has 49 heavy (non-hydrogen) atoms. The van der Waals surface area contributed by atoms with Gasteiger partial charge in [0.05, 0.1) is 23.9 Å². The molecule has 7 nitrogen and oxygen atoms in total. The fraction of sp³-hybridized carbons (Fsp3) is 0.359. The molecule has 0 saturated heterocycles. The van der Waals surface area contributed by atoms with Gasteiger partial charge in [0.15, 0.2) is 11.6 Å². The van der Waals surface area contributed by atoms with Crippen molar-refractivity contribution in [2.45, 2.75) is 65.3 Å². The number of fused-ring (bicyclic) bond motifs is 5. The molecule has 2 bridgehead atoms. The van der Waals surface area contributed by atoms with Crippen LogP contribution in [0.5, 0.6) is 11.5 Å². The lowest BCUT2D eigenvalue weighted by Gasteiger charge is -2.25. The highest BCUT2D eigenvalue weighted by Gasteiger charge is 2.22. The van der Waals surface area contributed by atoms with Crippen LogP contribution in [0.1, 0.15) is 74.8 Å². The first-order valence-electron chi connectivity index (χ1n) is 16.6. The van der Waals surface area contributed by atoms with Gasteiger partial charge in [0, 0.05) is 46.9 Å². The van der Waals surface area contributed by atoms with Crippen LogP contribution in [0.2, 0.25) is 0 Å². The molecular weight excluding hydrogens is 643 g/mol. The fourth-order valence-corrected chi connectivity index (χ4v) is 7.26. The summed E-state index contributed by atoms with van der Waals surface area (Å²) in [6.45, 7) is 6.62. The molecule has 0 aliphatic carbocycles. The summed E-state index contributed by atoms with van der Waals surface area (Å²) in [5.41, 5.74) is 9.64. The second kappa shape index (κ2) is 16.2. The number of nitrogens with zero attached hydrogens (tertiary/aromatic N) is 2. The predicted octanol–water partition coefficient (Wildman–Crippen LogP) is 9.23. The molecule has 0 saturated carbocycles. The summed E-state index contributed by atoms with van der Waals surface area (Å²) in [6.07, 6.45) is 7.07. The molecule has 1 aliphatic heterocycles. The van der Waals surface area contributed by atoms with E-state index < -0.39 is 11.6 Å². The van der Waals surface area contributed by atoms with Crippen molar-refractivity contribution >= 4 is 40.5 Å². The maximum Gasteiger partial charge on any atom is 0.306 e. The minimum absolute atomic E-state index is 0.00484. The normalized spacial score (nSPS) is 18.7. The molecule has 3 N–H and O–H groups in total. The Balaban J connectivity index is 1.53. The Labute approximate surface area is 290 Å². The molecule has 5 rings (SSSR count). The van der Waals surface area contributed by atoms with Gasteiger partial charge >= 0.3 is 5.97 Å². The second-order valence-corrected chi connectivity index (χ2v) is 14.1. The third-order valence-electron chi connectivity index (χ3n) is 8.69. The van der Waals surface area contributed by atoms with Crippen molar-refractivity contribution in [1.29, 1.82) is 5.26 Å². The van der Waals surface area contributed by atoms with Crippen molar-refractivity contribution in [3.05, 3.63) is 100 Å². The van der Waals surface area contributed by atoms with Crippen LogP contribution >= 0.6 is 11.8 Å². The molecule has 256 valence electrons. The van der Waals surface area contributed by atoms with E-state index in [0.717, 1.165) is 46.4 Å². The van der Waals surface area contributed by atoms with Gasteiger partial charge in [-0.3, -0.25) is 9.79 Å². The molecule has 0 amide bonds. The van der Waals surface area contributed by atoms with Crippen molar-refractivity contribution in [3.8, 4) is 17.6 Å². The Morgan fingerprint density at radius 3 is 2.82 bits per heavy atom. The molecule has 1 unspecified atom stereocenters. The average molecular weight is 685 g/mol. The number of nitrogens with two attached hydrogens (primary N) is 1. The highest BCUT2D eigenvalue weighted by molar-refractivity contribution is 7.99. The molecule has 10 heteroatoms. The number of nitriles is 1. The van der Waals surface area contributed by atoms with E-state index in [4.69, 9.17) is 20.2 Å². The zero-order valence-corrected chi connectivity index (χ0v) is 29.0. The number of carbonyl (C=O) groups excluding carboxylic acids is 1. The fourth-order valence-electron chi connectivity index (χ4n) is 6.07. The van der Waals surface area contributed by atoms with Gasteiger partial charge in [-0.05, 0) is 84.9 Å². The van der Waals surface area contributed by atoms with Crippen molar-refractivity contribution in [1.82, 2.24) is 4.98 Å². The molecule has 0 fully saturated rings. The topological polar surface area (TPSA) is 113 Å². The van der Waals surface area contributed by atoms with E-state index in [1.165, 1.54) is 30.5 Å². The smallest absolute Gasteiger partial charge is 0.306 e. The number of aliphatic imine (C=N–C) groups is 1. The molecular formula is C39H42F2N4O3S. The Bertz CT molecular complexity index is 1910. The lowest BCUT2D eigenvalue weighted by molar-refractivity contribution is -0.143. The second-order valence-electron chi connectivity index (χ2n) is 13.0. The maximum atomic E-state index is 15.5. The Hall–Kier alpha value is -4.62. The van der Waals surface area contributed by atoms with Crippen LogP contribution in [-0.2, 0) is 22.4 Å². The number of halogens is 2. The number of esters is 1. The summed E-state index contributed by atoms with van der Waals surface area (Å²) in [5.74, 6) is 0.508. The van der Waals surface area contributed by atoms with E-state index in [-0.39, 0.29) is 52.2 Å². The number of benzene rings is 3. The molecule has 1 aromatic heterocycles. The third kappa shape index (κ3) is 9.09. The Morgan fingerprint density at radius 2 is 2.02 bits per heavy atom. The van der Waals surface area contributed by atoms with Gasteiger partial charge in [0.2, 0.25) is 0 Å². The van der Waals surface area contributed by atoms with Gasteiger partial charge in [-0.25, -0.2) is 8.78 Å². The SMILES string of the molecule is CCOC(=O)CCc1cccc(C2CCCC(C)(C)CSCCc3c(c(F)cc4[nH]ccc34)Oc3ccc(F)c(c3)/C(N)=C(\C#N)C=N2)c1. The first-order chi connectivity index (χ1) is 23.6.